The topological polar surface area (TPSA) is 217 Å². The maximum absolute atomic E-state index is 13.3. The van der Waals surface area contributed by atoms with Crippen LogP contribution in [0.25, 0.3) is 5.65 Å². The Labute approximate surface area is 273 Å². The van der Waals surface area contributed by atoms with Crippen molar-refractivity contribution in [2.75, 3.05) is 11.5 Å². The van der Waals surface area contributed by atoms with E-state index in [-0.39, 0.29) is 58.4 Å². The number of thioether (sulfide) groups is 1. The number of carboxylic acid groups (broad SMARTS) is 2. The number of aliphatic carboxylic acids is 2. The molecule has 2 atom stereocenters. The SMILES string of the molecule is CC(C)(O/N=C(\C(=O)N[C@@H]1C(=O)N2C(C(=O)O)=C(Cn3cc(C#N)[n+]4ccccc34)CS[C@H]12)c1csc(N)n1)C(=O)O.[NaH]. The van der Waals surface area contributed by atoms with Crippen molar-refractivity contribution in [3.05, 3.63) is 58.6 Å². The van der Waals surface area contributed by atoms with Crippen LogP contribution in [0, 0.1) is 11.3 Å². The van der Waals surface area contributed by atoms with Crippen LogP contribution >= 0.6 is 23.1 Å². The van der Waals surface area contributed by atoms with Gasteiger partial charge < -0.3 is 26.1 Å². The van der Waals surface area contributed by atoms with E-state index in [1.54, 1.807) is 39.6 Å². The van der Waals surface area contributed by atoms with Gasteiger partial charge in [-0.05, 0) is 19.9 Å². The minimum atomic E-state index is -1.77. The average molecular weight is 636 g/mol. The fraction of sp³-hybridized carbons (Fsp3) is 0.280. The number of carbonyl (C=O) groups excluding carboxylic acids is 2. The van der Waals surface area contributed by atoms with E-state index in [2.05, 4.69) is 21.5 Å². The van der Waals surface area contributed by atoms with Crippen molar-refractivity contribution in [3.63, 3.8) is 0 Å². The van der Waals surface area contributed by atoms with E-state index in [1.165, 1.54) is 31.0 Å². The predicted octanol–water partition coefficient (Wildman–Crippen LogP) is -0.489. The third-order valence-corrected chi connectivity index (χ3v) is 8.56. The quantitative estimate of drug-likeness (QED) is 0.0773. The number of carbonyl (C=O) groups is 4. The van der Waals surface area contributed by atoms with E-state index in [0.29, 0.717) is 16.9 Å². The van der Waals surface area contributed by atoms with E-state index >= 15 is 0 Å². The number of nitriles is 1. The summed E-state index contributed by atoms with van der Waals surface area (Å²) < 4.78 is 3.42. The number of hydrogen-bond donors (Lipinski definition) is 4. The van der Waals surface area contributed by atoms with Gasteiger partial charge in [0.05, 0.1) is 6.20 Å². The van der Waals surface area contributed by atoms with Gasteiger partial charge in [-0.3, -0.25) is 14.5 Å². The zero-order valence-electron chi connectivity index (χ0n) is 22.0. The molecule has 2 aliphatic heterocycles. The molecule has 5 heterocycles. The molecule has 5 rings (SSSR count). The standard InChI is InChI=1S/C25H22N8O7S2.Na.H/c1-25(2,23(38)39)40-30-16(14-11-42-24(27)28-14)19(34)29-17-20(35)33-18(22(36)37)12(10-41-21(17)33)8-31-9-13(7-26)32-6-4-3-5-15(31)32;;/h3-6,9,11,17,21H,8,10H2,1-2H3,(H4-,27,28,29,34,36,37,38,39);;/p+1/b30-16-;;/t17-,21-;;/m1../s1. The molecule has 2 aliphatic rings. The summed E-state index contributed by atoms with van der Waals surface area (Å²) in [4.78, 5) is 60.5. The summed E-state index contributed by atoms with van der Waals surface area (Å²) in [6.07, 6.45) is 3.33. The van der Waals surface area contributed by atoms with Crippen LogP contribution in [0.1, 0.15) is 25.2 Å². The molecule has 0 unspecified atom stereocenters. The number of nitrogens with one attached hydrogen (secondary N) is 1. The molecule has 1 saturated heterocycles. The van der Waals surface area contributed by atoms with Gasteiger partial charge in [-0.2, -0.15) is 9.66 Å². The third-order valence-electron chi connectivity index (χ3n) is 6.54. The number of nitrogen functional groups attached to an aromatic ring is 1. The zero-order valence-corrected chi connectivity index (χ0v) is 23.7. The molecule has 3 aromatic rings. The number of imidazole rings is 1. The second-order valence-electron chi connectivity index (χ2n) is 9.72. The fourth-order valence-electron chi connectivity index (χ4n) is 4.38. The molecular weight excluding hydrogens is 611 g/mol. The van der Waals surface area contributed by atoms with Crippen LogP contribution < -0.4 is 15.5 Å². The van der Waals surface area contributed by atoms with Crippen LogP contribution in [-0.4, -0.2) is 106 Å². The summed E-state index contributed by atoms with van der Waals surface area (Å²) in [6, 6.07) is 6.36. The Kier molecular flexibility index (Phi) is 9.18. The normalized spacial score (nSPS) is 18.3. The Morgan fingerprint density at radius 1 is 1.35 bits per heavy atom. The van der Waals surface area contributed by atoms with Gasteiger partial charge in [0.25, 0.3) is 17.5 Å². The number of aromatic nitrogens is 3. The first-order valence-corrected chi connectivity index (χ1v) is 14.2. The summed E-state index contributed by atoms with van der Waals surface area (Å²) in [5, 5.41) is 36.0. The molecule has 1 fully saturated rings. The van der Waals surface area contributed by atoms with E-state index in [9.17, 15) is 34.7 Å². The molecule has 0 radical (unpaired) electrons. The Balaban J connectivity index is 0.00000423. The number of oxime groups is 1. The number of nitrogens with zero attached hydrogens (tertiary/aromatic N) is 6. The predicted molar refractivity (Wildman–Crippen MR) is 155 cm³/mol. The van der Waals surface area contributed by atoms with Gasteiger partial charge >= 0.3 is 41.5 Å². The van der Waals surface area contributed by atoms with E-state index < -0.39 is 46.5 Å². The van der Waals surface area contributed by atoms with E-state index in [0.717, 1.165) is 16.2 Å². The molecule has 0 aromatic carbocycles. The van der Waals surface area contributed by atoms with E-state index in [1.807, 2.05) is 0 Å². The molecule has 218 valence electrons. The van der Waals surface area contributed by atoms with Crippen LogP contribution in [0.4, 0.5) is 5.13 Å². The second-order valence-corrected chi connectivity index (χ2v) is 11.7. The summed E-state index contributed by atoms with van der Waals surface area (Å²) in [5.74, 6) is -3.93. The number of carboxylic acids is 2. The number of β-lactam (4-membered cyclic amide) rings is 1. The molecule has 43 heavy (non-hydrogen) atoms. The molecule has 15 nitrogen and oxygen atoms in total. The van der Waals surface area contributed by atoms with Gasteiger partial charge in [-0.15, -0.1) is 23.1 Å². The number of nitrogens with two attached hydrogens (primary N) is 1. The molecule has 0 aliphatic carbocycles. The summed E-state index contributed by atoms with van der Waals surface area (Å²) in [7, 11) is 0. The Bertz CT molecular complexity index is 1760. The molecule has 18 heteroatoms. The fourth-order valence-corrected chi connectivity index (χ4v) is 6.26. The van der Waals surface area contributed by atoms with Crippen molar-refractivity contribution in [1.29, 1.82) is 5.26 Å². The van der Waals surface area contributed by atoms with Gasteiger partial charge in [0.2, 0.25) is 11.3 Å². The van der Waals surface area contributed by atoms with Crippen LogP contribution in [-0.2, 0) is 30.6 Å². The third kappa shape index (κ3) is 5.96. The summed E-state index contributed by atoms with van der Waals surface area (Å²) >= 11 is 2.29. The molecule has 2 amide bonds. The number of anilines is 1. The number of amides is 2. The number of pyridine rings is 1. The van der Waals surface area contributed by atoms with Crippen LogP contribution in [0.5, 0.6) is 0 Å². The van der Waals surface area contributed by atoms with Gasteiger partial charge in [0.15, 0.2) is 10.8 Å². The van der Waals surface area contributed by atoms with Crippen molar-refractivity contribution < 1.29 is 38.6 Å². The van der Waals surface area contributed by atoms with Crippen LogP contribution in [0.2, 0.25) is 0 Å². The van der Waals surface area contributed by atoms with Crippen molar-refractivity contribution in [1.82, 2.24) is 19.8 Å². The van der Waals surface area contributed by atoms with Gasteiger partial charge in [-0.1, -0.05) is 11.2 Å². The second kappa shape index (κ2) is 12.3. The first-order valence-electron chi connectivity index (χ1n) is 12.2. The zero-order chi connectivity index (χ0) is 30.3. The van der Waals surface area contributed by atoms with Gasteiger partial charge in [0, 0.05) is 22.8 Å². The van der Waals surface area contributed by atoms with Crippen LogP contribution in [0.3, 0.4) is 0 Å². The number of thiazole rings is 1. The molecule has 0 saturated carbocycles. The Morgan fingerprint density at radius 3 is 2.72 bits per heavy atom. The number of rotatable bonds is 9. The van der Waals surface area contributed by atoms with Crippen molar-refractivity contribution in [2.45, 2.75) is 37.4 Å². The molecular formula is C25H24N8NaO7S2+. The molecule has 0 bridgehead atoms. The van der Waals surface area contributed by atoms with Crippen LogP contribution in [0.15, 0.2) is 52.4 Å². The maximum atomic E-state index is 13.3. The molecule has 3 aromatic heterocycles. The summed E-state index contributed by atoms with van der Waals surface area (Å²) in [5.41, 5.74) is 4.82. The molecule has 5 N–H and O–H groups in total. The Morgan fingerprint density at radius 2 is 2.09 bits per heavy atom. The number of fused-ring (bicyclic) bond motifs is 2. The van der Waals surface area contributed by atoms with E-state index in [4.69, 9.17) is 10.6 Å². The first-order chi connectivity index (χ1) is 19.9. The minimum absolute atomic E-state index is 0. The monoisotopic (exact) mass is 635 g/mol. The first kappa shape index (κ1) is 32.0. The van der Waals surface area contributed by atoms with Crippen molar-refractivity contribution >= 4 is 92.9 Å². The Hall–Kier alpha value is -3.95. The van der Waals surface area contributed by atoms with Gasteiger partial charge in [0.1, 0.15) is 41.6 Å². The van der Waals surface area contributed by atoms with Crippen molar-refractivity contribution in [3.8, 4) is 6.07 Å². The molecule has 0 spiro atoms. The van der Waals surface area contributed by atoms with Crippen molar-refractivity contribution in [2.24, 2.45) is 5.16 Å². The van der Waals surface area contributed by atoms with Gasteiger partial charge in [-0.25, -0.2) is 19.1 Å². The average Bonchev–Trinajstić information content (AvgIpc) is 3.54. The number of hydrogen-bond acceptors (Lipinski definition) is 11. The summed E-state index contributed by atoms with van der Waals surface area (Å²) in [6.45, 7) is 2.60.